The van der Waals surface area contributed by atoms with Crippen LogP contribution in [-0.4, -0.2) is 19.3 Å². The molecular formula is C13H18F3NO. The molecule has 0 amide bonds. The summed E-state index contributed by atoms with van der Waals surface area (Å²) >= 11 is 0. The molecule has 0 saturated carbocycles. The van der Waals surface area contributed by atoms with Crippen molar-refractivity contribution < 1.29 is 17.9 Å². The highest BCUT2D eigenvalue weighted by Gasteiger charge is 2.21. The van der Waals surface area contributed by atoms with Crippen molar-refractivity contribution in [3.8, 4) is 0 Å². The molecule has 1 N–H and O–H groups in total. The summed E-state index contributed by atoms with van der Waals surface area (Å²) in [6, 6.07) is 0.731. The molecule has 0 aliphatic carbocycles. The first kappa shape index (κ1) is 15.0. The topological polar surface area (TPSA) is 21.3 Å². The van der Waals surface area contributed by atoms with Gasteiger partial charge in [-0.05, 0) is 20.4 Å². The van der Waals surface area contributed by atoms with E-state index in [1.165, 1.54) is 0 Å². The number of hydrogen-bond donors (Lipinski definition) is 1. The Morgan fingerprint density at radius 1 is 1.17 bits per heavy atom. The van der Waals surface area contributed by atoms with Gasteiger partial charge in [-0.2, -0.15) is 0 Å². The molecule has 1 rings (SSSR count). The van der Waals surface area contributed by atoms with Gasteiger partial charge < -0.3 is 10.1 Å². The van der Waals surface area contributed by atoms with Crippen LogP contribution in [-0.2, 0) is 4.74 Å². The second kappa shape index (κ2) is 6.75. The van der Waals surface area contributed by atoms with Crippen molar-refractivity contribution in [3.05, 3.63) is 35.1 Å². The summed E-state index contributed by atoms with van der Waals surface area (Å²) in [6.45, 7) is 6.15. The zero-order chi connectivity index (χ0) is 13.7. The Morgan fingerprint density at radius 2 is 1.72 bits per heavy atom. The fourth-order valence-electron chi connectivity index (χ4n) is 1.67. The minimum Gasteiger partial charge on any atom is -0.377 e. The van der Waals surface area contributed by atoms with E-state index in [1.54, 1.807) is 0 Å². The van der Waals surface area contributed by atoms with Crippen molar-refractivity contribution in [2.24, 2.45) is 0 Å². The first-order valence-electron chi connectivity index (χ1n) is 5.95. The van der Waals surface area contributed by atoms with Crippen LogP contribution in [0.1, 0.15) is 32.4 Å². The van der Waals surface area contributed by atoms with Crippen LogP contribution in [0.3, 0.4) is 0 Å². The van der Waals surface area contributed by atoms with Gasteiger partial charge in [0, 0.05) is 17.7 Å². The van der Waals surface area contributed by atoms with Crippen LogP contribution >= 0.6 is 0 Å². The number of likely N-dealkylation sites (N-methyl/N-ethyl adjacent to an activating group) is 1. The molecular weight excluding hydrogens is 243 g/mol. The Bertz CT molecular complexity index is 373. The van der Waals surface area contributed by atoms with Gasteiger partial charge in [-0.3, -0.25) is 0 Å². The molecule has 0 spiro atoms. The standard InChI is InChI=1S/C13H18F3NO/c1-4-17-12(7-18-8(2)3)13-10(15)5-9(14)6-11(13)16/h5-6,8,12,17H,4,7H2,1-3H3. The summed E-state index contributed by atoms with van der Waals surface area (Å²) in [5.41, 5.74) is -0.182. The van der Waals surface area contributed by atoms with E-state index < -0.39 is 23.5 Å². The molecule has 0 bridgehead atoms. The smallest absolute Gasteiger partial charge is 0.133 e. The summed E-state index contributed by atoms with van der Waals surface area (Å²) in [7, 11) is 0. The molecule has 0 aromatic heterocycles. The molecule has 0 aliphatic heterocycles. The van der Waals surface area contributed by atoms with Crippen LogP contribution in [0.4, 0.5) is 13.2 Å². The zero-order valence-electron chi connectivity index (χ0n) is 10.8. The van der Waals surface area contributed by atoms with Crippen LogP contribution in [0.5, 0.6) is 0 Å². The van der Waals surface area contributed by atoms with Gasteiger partial charge >= 0.3 is 0 Å². The van der Waals surface area contributed by atoms with Gasteiger partial charge in [0.15, 0.2) is 0 Å². The lowest BCUT2D eigenvalue weighted by atomic mass is 10.1. The predicted octanol–water partition coefficient (Wildman–Crippen LogP) is 3.18. The largest absolute Gasteiger partial charge is 0.377 e. The minimum atomic E-state index is -0.922. The van der Waals surface area contributed by atoms with E-state index in [1.807, 2.05) is 20.8 Å². The minimum absolute atomic E-state index is 0.0438. The molecule has 1 atom stereocenters. The van der Waals surface area contributed by atoms with Crippen molar-refractivity contribution in [1.82, 2.24) is 5.32 Å². The molecule has 5 heteroatoms. The normalized spacial score (nSPS) is 13.1. The van der Waals surface area contributed by atoms with Crippen LogP contribution in [0.25, 0.3) is 0 Å². The van der Waals surface area contributed by atoms with E-state index >= 15 is 0 Å². The molecule has 2 nitrogen and oxygen atoms in total. The third-order valence-corrected chi connectivity index (χ3v) is 2.44. The summed E-state index contributed by atoms with van der Waals surface area (Å²) in [6.07, 6.45) is -0.0438. The van der Waals surface area contributed by atoms with Crippen molar-refractivity contribution >= 4 is 0 Å². The number of rotatable bonds is 6. The van der Waals surface area contributed by atoms with E-state index in [-0.39, 0.29) is 18.3 Å². The number of benzene rings is 1. The van der Waals surface area contributed by atoms with Gasteiger partial charge in [0.25, 0.3) is 0 Å². The Hall–Kier alpha value is -1.07. The molecule has 0 radical (unpaired) electrons. The van der Waals surface area contributed by atoms with Crippen molar-refractivity contribution in [1.29, 1.82) is 0 Å². The molecule has 0 heterocycles. The molecule has 102 valence electrons. The maximum Gasteiger partial charge on any atom is 0.133 e. The van der Waals surface area contributed by atoms with E-state index in [0.717, 1.165) is 0 Å². The lowest BCUT2D eigenvalue weighted by Gasteiger charge is -2.21. The molecule has 0 saturated heterocycles. The fourth-order valence-corrected chi connectivity index (χ4v) is 1.67. The lowest BCUT2D eigenvalue weighted by molar-refractivity contribution is 0.0599. The first-order valence-corrected chi connectivity index (χ1v) is 5.95. The van der Waals surface area contributed by atoms with Crippen LogP contribution in [0.2, 0.25) is 0 Å². The Morgan fingerprint density at radius 3 is 2.17 bits per heavy atom. The third-order valence-electron chi connectivity index (χ3n) is 2.44. The first-order chi connectivity index (χ1) is 8.45. The summed E-state index contributed by atoms with van der Waals surface area (Å²) < 4.78 is 45.5. The highest BCUT2D eigenvalue weighted by atomic mass is 19.1. The van der Waals surface area contributed by atoms with Crippen molar-refractivity contribution in [3.63, 3.8) is 0 Å². The summed E-state index contributed by atoms with van der Waals surface area (Å²) in [5.74, 6) is -2.72. The van der Waals surface area contributed by atoms with Gasteiger partial charge in [-0.15, -0.1) is 0 Å². The maximum atomic E-state index is 13.6. The molecule has 18 heavy (non-hydrogen) atoms. The number of nitrogens with one attached hydrogen (secondary N) is 1. The monoisotopic (exact) mass is 261 g/mol. The van der Waals surface area contributed by atoms with E-state index in [0.29, 0.717) is 18.7 Å². The van der Waals surface area contributed by atoms with Crippen LogP contribution in [0, 0.1) is 17.5 Å². The Kier molecular flexibility index (Phi) is 5.62. The number of hydrogen-bond acceptors (Lipinski definition) is 2. The van der Waals surface area contributed by atoms with Crippen LogP contribution in [0.15, 0.2) is 12.1 Å². The lowest BCUT2D eigenvalue weighted by Crippen LogP contribution is -2.28. The number of halogens is 3. The summed E-state index contributed by atoms with van der Waals surface area (Å²) in [4.78, 5) is 0. The maximum absolute atomic E-state index is 13.6. The van der Waals surface area contributed by atoms with E-state index in [4.69, 9.17) is 4.74 Å². The Balaban J connectivity index is 2.97. The van der Waals surface area contributed by atoms with Gasteiger partial charge in [0.2, 0.25) is 0 Å². The van der Waals surface area contributed by atoms with E-state index in [2.05, 4.69) is 5.32 Å². The van der Waals surface area contributed by atoms with Crippen molar-refractivity contribution in [2.45, 2.75) is 32.9 Å². The van der Waals surface area contributed by atoms with E-state index in [9.17, 15) is 13.2 Å². The van der Waals surface area contributed by atoms with Crippen molar-refractivity contribution in [2.75, 3.05) is 13.2 Å². The van der Waals surface area contributed by atoms with Gasteiger partial charge in [-0.1, -0.05) is 6.92 Å². The average Bonchev–Trinajstić information content (AvgIpc) is 2.24. The summed E-state index contributed by atoms with van der Waals surface area (Å²) in [5, 5.41) is 2.93. The second-order valence-electron chi connectivity index (χ2n) is 4.28. The molecule has 0 aliphatic rings. The van der Waals surface area contributed by atoms with Gasteiger partial charge in [0.05, 0.1) is 18.8 Å². The molecule has 1 unspecified atom stereocenters. The van der Waals surface area contributed by atoms with Crippen LogP contribution < -0.4 is 5.32 Å². The fraction of sp³-hybridized carbons (Fsp3) is 0.538. The average molecular weight is 261 g/mol. The molecule has 1 aromatic rings. The molecule has 1 aromatic carbocycles. The highest BCUT2D eigenvalue weighted by Crippen LogP contribution is 2.22. The van der Waals surface area contributed by atoms with Gasteiger partial charge in [-0.25, -0.2) is 13.2 Å². The highest BCUT2D eigenvalue weighted by molar-refractivity contribution is 5.24. The predicted molar refractivity (Wildman–Crippen MR) is 63.8 cm³/mol. The zero-order valence-corrected chi connectivity index (χ0v) is 10.8. The second-order valence-corrected chi connectivity index (χ2v) is 4.28. The third kappa shape index (κ3) is 3.99. The molecule has 0 fully saturated rings. The van der Waals surface area contributed by atoms with Gasteiger partial charge in [0.1, 0.15) is 17.5 Å². The SMILES string of the molecule is CCNC(COC(C)C)c1c(F)cc(F)cc1F. The quantitative estimate of drug-likeness (QED) is 0.849. The number of ether oxygens (including phenoxy) is 1. The Labute approximate surface area is 105 Å².